The lowest BCUT2D eigenvalue weighted by Crippen LogP contribution is -2.49. The first-order chi connectivity index (χ1) is 11.4. The quantitative estimate of drug-likeness (QED) is 0.728. The molecule has 0 saturated heterocycles. The molecule has 3 fully saturated rings. The summed E-state index contributed by atoms with van der Waals surface area (Å²) in [6.07, 6.45) is 10.0. The summed E-state index contributed by atoms with van der Waals surface area (Å²) in [6, 6.07) is 9.47. The topological polar surface area (TPSA) is 21.3 Å². The summed E-state index contributed by atoms with van der Waals surface area (Å²) in [6.45, 7) is 7.82. The Hall–Kier alpha value is -0.860. The number of rotatable bonds is 7. The Labute approximate surface area is 148 Å². The van der Waals surface area contributed by atoms with Crippen LogP contribution in [0.1, 0.15) is 83.3 Å². The molecule has 3 saturated carbocycles. The van der Waals surface area contributed by atoms with E-state index in [1.807, 2.05) is 7.11 Å². The van der Waals surface area contributed by atoms with Crippen molar-refractivity contribution in [1.82, 2.24) is 5.32 Å². The zero-order chi connectivity index (χ0) is 17.3. The zero-order valence-electron chi connectivity index (χ0n) is 16.1. The third kappa shape index (κ3) is 3.55. The largest absolute Gasteiger partial charge is 0.378 e. The number of nitrogens with one attached hydrogen (secondary N) is 1. The van der Waals surface area contributed by atoms with E-state index in [9.17, 15) is 0 Å². The molecule has 1 N–H and O–H groups in total. The fourth-order valence-corrected chi connectivity index (χ4v) is 4.92. The van der Waals surface area contributed by atoms with Crippen molar-refractivity contribution in [3.63, 3.8) is 0 Å². The molecule has 0 aromatic heterocycles. The summed E-state index contributed by atoms with van der Waals surface area (Å²) in [5.41, 5.74) is 3.81. The molecule has 0 radical (unpaired) electrons. The van der Waals surface area contributed by atoms with Crippen molar-refractivity contribution < 1.29 is 4.74 Å². The predicted molar refractivity (Wildman–Crippen MR) is 101 cm³/mol. The van der Waals surface area contributed by atoms with Gasteiger partial charge in [-0.3, -0.25) is 0 Å². The Morgan fingerprint density at radius 1 is 1.00 bits per heavy atom. The van der Waals surface area contributed by atoms with Crippen molar-refractivity contribution in [3.05, 3.63) is 35.4 Å². The third-order valence-electron chi connectivity index (χ3n) is 6.82. The molecular weight excluding hydrogens is 294 g/mol. The van der Waals surface area contributed by atoms with Crippen molar-refractivity contribution in [1.29, 1.82) is 0 Å². The summed E-state index contributed by atoms with van der Waals surface area (Å²) in [4.78, 5) is 0. The number of ether oxygens (including phenoxy) is 1. The van der Waals surface area contributed by atoms with Gasteiger partial charge in [-0.05, 0) is 75.3 Å². The van der Waals surface area contributed by atoms with Gasteiger partial charge in [-0.25, -0.2) is 0 Å². The highest BCUT2D eigenvalue weighted by molar-refractivity contribution is 5.32. The first kappa shape index (κ1) is 17.9. The first-order valence-corrected chi connectivity index (χ1v) is 9.82. The van der Waals surface area contributed by atoms with Gasteiger partial charge in [0.1, 0.15) is 0 Å². The smallest absolute Gasteiger partial charge is 0.0679 e. The molecule has 0 heterocycles. The van der Waals surface area contributed by atoms with Crippen molar-refractivity contribution in [2.75, 3.05) is 7.11 Å². The van der Waals surface area contributed by atoms with Crippen LogP contribution in [0.4, 0.5) is 0 Å². The highest BCUT2D eigenvalue weighted by Gasteiger charge is 2.49. The Morgan fingerprint density at radius 2 is 1.58 bits per heavy atom. The fourth-order valence-electron chi connectivity index (χ4n) is 4.92. The van der Waals surface area contributed by atoms with Crippen molar-refractivity contribution >= 4 is 0 Å². The van der Waals surface area contributed by atoms with E-state index in [0.717, 1.165) is 6.54 Å². The molecule has 2 bridgehead atoms. The summed E-state index contributed by atoms with van der Waals surface area (Å²) in [5.74, 6) is 0. The number of hydrogen-bond acceptors (Lipinski definition) is 2. The van der Waals surface area contributed by atoms with Gasteiger partial charge >= 0.3 is 0 Å². The van der Waals surface area contributed by atoms with Gasteiger partial charge in [0.25, 0.3) is 0 Å². The second-order valence-corrected chi connectivity index (χ2v) is 8.85. The normalized spacial score (nSPS) is 29.8. The third-order valence-corrected chi connectivity index (χ3v) is 6.82. The van der Waals surface area contributed by atoms with Gasteiger partial charge in [-0.2, -0.15) is 0 Å². The van der Waals surface area contributed by atoms with Gasteiger partial charge in [0.15, 0.2) is 0 Å². The Bertz CT molecular complexity index is 521. The SMILES string of the molecule is CCCC(C)(C)NCc1ccc(C23CCC(OC)(CC2)CC3)cc1. The molecule has 3 aliphatic carbocycles. The summed E-state index contributed by atoms with van der Waals surface area (Å²) < 4.78 is 5.84. The van der Waals surface area contributed by atoms with Gasteiger partial charge in [-0.15, -0.1) is 0 Å². The minimum atomic E-state index is 0.205. The van der Waals surface area contributed by atoms with Crippen LogP contribution in [-0.4, -0.2) is 18.2 Å². The second-order valence-electron chi connectivity index (χ2n) is 8.85. The number of methoxy groups -OCH3 is 1. The van der Waals surface area contributed by atoms with Crippen LogP contribution in [0, 0.1) is 0 Å². The molecule has 24 heavy (non-hydrogen) atoms. The van der Waals surface area contributed by atoms with E-state index in [0.29, 0.717) is 5.41 Å². The molecule has 2 heteroatoms. The molecule has 4 rings (SSSR count). The van der Waals surface area contributed by atoms with Crippen LogP contribution in [0.5, 0.6) is 0 Å². The van der Waals surface area contributed by atoms with Crippen LogP contribution in [0.3, 0.4) is 0 Å². The maximum atomic E-state index is 5.84. The van der Waals surface area contributed by atoms with Gasteiger partial charge in [0.2, 0.25) is 0 Å². The van der Waals surface area contributed by atoms with E-state index in [1.165, 1.54) is 56.9 Å². The van der Waals surface area contributed by atoms with E-state index in [4.69, 9.17) is 4.74 Å². The highest BCUT2D eigenvalue weighted by Crippen LogP contribution is 2.54. The van der Waals surface area contributed by atoms with Crippen LogP contribution >= 0.6 is 0 Å². The lowest BCUT2D eigenvalue weighted by atomic mass is 9.56. The first-order valence-electron chi connectivity index (χ1n) is 9.82. The van der Waals surface area contributed by atoms with E-state index in [2.05, 4.69) is 50.4 Å². The molecule has 0 atom stereocenters. The summed E-state index contributed by atoms with van der Waals surface area (Å²) in [5, 5.41) is 3.70. The minimum Gasteiger partial charge on any atom is -0.378 e. The molecule has 0 spiro atoms. The standard InChI is InChI=1S/C22H35NO/c1-5-10-20(2,3)23-17-18-6-8-19(9-7-18)21-11-14-22(24-4,15-12-21)16-13-21/h6-9,23H,5,10-17H2,1-4H3. The number of fused-ring (bicyclic) bond motifs is 3. The molecule has 0 unspecified atom stereocenters. The molecule has 1 aromatic rings. The van der Waals surface area contributed by atoms with Crippen LogP contribution in [-0.2, 0) is 16.7 Å². The van der Waals surface area contributed by atoms with Gasteiger partial charge in [0, 0.05) is 19.2 Å². The summed E-state index contributed by atoms with van der Waals surface area (Å²) in [7, 11) is 1.90. The minimum absolute atomic E-state index is 0.205. The molecular formula is C22H35NO. The lowest BCUT2D eigenvalue weighted by molar-refractivity contribution is -0.0955. The van der Waals surface area contributed by atoms with Crippen LogP contribution in [0.15, 0.2) is 24.3 Å². The van der Waals surface area contributed by atoms with Crippen LogP contribution in [0.25, 0.3) is 0 Å². The van der Waals surface area contributed by atoms with Crippen molar-refractivity contribution in [3.8, 4) is 0 Å². The van der Waals surface area contributed by atoms with Crippen LogP contribution < -0.4 is 5.32 Å². The highest BCUT2D eigenvalue weighted by atomic mass is 16.5. The predicted octanol–water partition coefficient (Wildman–Crippen LogP) is 5.35. The maximum Gasteiger partial charge on any atom is 0.0679 e. The fraction of sp³-hybridized carbons (Fsp3) is 0.727. The van der Waals surface area contributed by atoms with E-state index in [-0.39, 0.29) is 11.1 Å². The maximum absolute atomic E-state index is 5.84. The monoisotopic (exact) mass is 329 g/mol. The van der Waals surface area contributed by atoms with E-state index >= 15 is 0 Å². The lowest BCUT2D eigenvalue weighted by Gasteiger charge is -2.53. The number of hydrogen-bond donors (Lipinski definition) is 1. The van der Waals surface area contributed by atoms with Crippen molar-refractivity contribution in [2.24, 2.45) is 0 Å². The molecule has 1 aromatic carbocycles. The molecule has 3 aliphatic rings. The molecule has 0 aliphatic heterocycles. The summed E-state index contributed by atoms with van der Waals surface area (Å²) >= 11 is 0. The van der Waals surface area contributed by atoms with Crippen molar-refractivity contribution in [2.45, 2.75) is 95.2 Å². The van der Waals surface area contributed by atoms with E-state index in [1.54, 1.807) is 5.56 Å². The Kier molecular flexibility index (Phi) is 5.09. The zero-order valence-corrected chi connectivity index (χ0v) is 16.1. The van der Waals surface area contributed by atoms with E-state index < -0.39 is 0 Å². The molecule has 0 amide bonds. The second kappa shape index (κ2) is 6.80. The molecule has 134 valence electrons. The Morgan fingerprint density at radius 3 is 2.08 bits per heavy atom. The van der Waals surface area contributed by atoms with Crippen LogP contribution in [0.2, 0.25) is 0 Å². The molecule has 2 nitrogen and oxygen atoms in total. The average molecular weight is 330 g/mol. The van der Waals surface area contributed by atoms with Gasteiger partial charge in [-0.1, -0.05) is 37.6 Å². The van der Waals surface area contributed by atoms with Gasteiger partial charge < -0.3 is 10.1 Å². The number of benzene rings is 1. The average Bonchev–Trinajstić information content (AvgIpc) is 2.62. The van der Waals surface area contributed by atoms with Gasteiger partial charge in [0.05, 0.1) is 5.60 Å². The Balaban J connectivity index is 1.63.